The highest BCUT2D eigenvalue weighted by Gasteiger charge is 2.40. The van der Waals surface area contributed by atoms with Crippen molar-refractivity contribution in [2.75, 3.05) is 32.1 Å². The number of halogens is 3. The zero-order chi connectivity index (χ0) is 25.2. The van der Waals surface area contributed by atoms with Gasteiger partial charge in [-0.15, -0.1) is 0 Å². The lowest BCUT2D eigenvalue weighted by molar-refractivity contribution is -0.00366. The minimum absolute atomic E-state index is 0.00274. The molecule has 2 N–H and O–H groups in total. The van der Waals surface area contributed by atoms with Crippen molar-refractivity contribution in [3.63, 3.8) is 0 Å². The van der Waals surface area contributed by atoms with Crippen LogP contribution in [0.4, 0.5) is 20.3 Å². The van der Waals surface area contributed by atoms with E-state index < -0.39 is 17.6 Å². The van der Waals surface area contributed by atoms with E-state index in [4.69, 9.17) is 21.1 Å². The number of nitrogens with zero attached hydrogens (tertiary/aromatic N) is 3. The SMILES string of the molecule is COc1cc2ncnc(Nc3ccc(F)c(Cl)c3)c2cc1OCCCN1C[C@H](F)C[C@H]1C(C)(C)O. The van der Waals surface area contributed by atoms with Gasteiger partial charge in [-0.3, -0.25) is 4.90 Å². The molecule has 1 aliphatic rings. The van der Waals surface area contributed by atoms with Crippen molar-refractivity contribution >= 4 is 34.0 Å². The van der Waals surface area contributed by atoms with E-state index in [0.717, 1.165) is 0 Å². The van der Waals surface area contributed by atoms with E-state index in [9.17, 15) is 13.9 Å². The second-order valence-corrected chi connectivity index (χ2v) is 9.60. The molecule has 0 aliphatic carbocycles. The summed E-state index contributed by atoms with van der Waals surface area (Å²) >= 11 is 5.90. The van der Waals surface area contributed by atoms with E-state index in [0.29, 0.717) is 66.4 Å². The normalized spacial score (nSPS) is 18.7. The van der Waals surface area contributed by atoms with E-state index in [1.165, 1.54) is 18.5 Å². The van der Waals surface area contributed by atoms with E-state index in [2.05, 4.69) is 15.3 Å². The van der Waals surface area contributed by atoms with Gasteiger partial charge in [0.15, 0.2) is 11.5 Å². The van der Waals surface area contributed by atoms with Crippen molar-refractivity contribution in [2.45, 2.75) is 44.5 Å². The second kappa shape index (κ2) is 10.5. The summed E-state index contributed by atoms with van der Waals surface area (Å²) in [5, 5.41) is 14.2. The first-order valence-electron chi connectivity index (χ1n) is 11.4. The minimum Gasteiger partial charge on any atom is -0.493 e. The predicted molar refractivity (Wildman–Crippen MR) is 132 cm³/mol. The van der Waals surface area contributed by atoms with Crippen molar-refractivity contribution in [3.8, 4) is 11.5 Å². The van der Waals surface area contributed by atoms with E-state index in [1.54, 1.807) is 39.2 Å². The zero-order valence-electron chi connectivity index (χ0n) is 19.9. The molecule has 1 fully saturated rings. The largest absolute Gasteiger partial charge is 0.493 e. The minimum atomic E-state index is -0.971. The highest BCUT2D eigenvalue weighted by atomic mass is 35.5. The molecule has 2 atom stereocenters. The van der Waals surface area contributed by atoms with Crippen LogP contribution in [0.1, 0.15) is 26.7 Å². The molecule has 3 aromatic rings. The summed E-state index contributed by atoms with van der Waals surface area (Å²) in [5.74, 6) is 1.03. The first-order valence-corrected chi connectivity index (χ1v) is 11.8. The van der Waals surface area contributed by atoms with Crippen molar-refractivity contribution in [2.24, 2.45) is 0 Å². The maximum atomic E-state index is 14.0. The summed E-state index contributed by atoms with van der Waals surface area (Å²) in [6.07, 6.45) is 1.46. The van der Waals surface area contributed by atoms with Gasteiger partial charge in [0.25, 0.3) is 0 Å². The Bertz CT molecular complexity index is 1190. The molecule has 1 aliphatic heterocycles. The molecule has 1 aromatic heterocycles. The fourth-order valence-corrected chi connectivity index (χ4v) is 4.61. The molecule has 0 unspecified atom stereocenters. The number of aliphatic hydroxyl groups is 1. The van der Waals surface area contributed by atoms with Crippen LogP contribution in [0.3, 0.4) is 0 Å². The molecule has 0 amide bonds. The third kappa shape index (κ3) is 5.91. The molecular weight excluding hydrogens is 478 g/mol. The number of nitrogens with one attached hydrogen (secondary N) is 1. The summed E-state index contributed by atoms with van der Waals surface area (Å²) in [6.45, 7) is 4.72. The molecule has 0 bridgehead atoms. The van der Waals surface area contributed by atoms with E-state index in [1.807, 2.05) is 4.90 Å². The van der Waals surface area contributed by atoms with Gasteiger partial charge in [-0.25, -0.2) is 18.7 Å². The predicted octanol–water partition coefficient (Wildman–Crippen LogP) is 5.13. The zero-order valence-corrected chi connectivity index (χ0v) is 20.6. The van der Waals surface area contributed by atoms with Crippen molar-refractivity contribution in [1.29, 1.82) is 0 Å². The summed E-state index contributed by atoms with van der Waals surface area (Å²) in [6, 6.07) is 7.64. The Morgan fingerprint density at radius 1 is 1.23 bits per heavy atom. The standard InChI is InChI=1S/C25H29ClF2N4O3/c1-25(2,33)23-9-15(27)13-32(23)7-4-8-35-22-11-17-20(12-21(22)34-3)29-14-30-24(17)31-16-5-6-19(28)18(26)10-16/h5-6,10-12,14-15,23,33H,4,7-9,13H2,1-3H3,(H,29,30,31)/t15-,23+/m1/s1. The van der Waals surface area contributed by atoms with Gasteiger partial charge in [0.05, 0.1) is 29.9 Å². The third-order valence-electron chi connectivity index (χ3n) is 6.12. The number of rotatable bonds is 9. The van der Waals surface area contributed by atoms with Gasteiger partial charge in [-0.05, 0) is 51.0 Å². The molecule has 10 heteroatoms. The van der Waals surface area contributed by atoms with Crippen LogP contribution in [0.15, 0.2) is 36.7 Å². The Morgan fingerprint density at radius 3 is 2.74 bits per heavy atom. The highest BCUT2D eigenvalue weighted by molar-refractivity contribution is 6.31. The first kappa shape index (κ1) is 25.3. The molecule has 0 spiro atoms. The number of aromatic nitrogens is 2. The Hall–Kier alpha value is -2.75. The van der Waals surface area contributed by atoms with Crippen molar-refractivity contribution in [1.82, 2.24) is 14.9 Å². The number of alkyl halides is 1. The number of hydrogen-bond acceptors (Lipinski definition) is 7. The lowest BCUT2D eigenvalue weighted by Gasteiger charge is -2.33. The average Bonchev–Trinajstić information content (AvgIpc) is 3.20. The van der Waals surface area contributed by atoms with Gasteiger partial charge in [-0.2, -0.15) is 0 Å². The smallest absolute Gasteiger partial charge is 0.162 e. The summed E-state index contributed by atoms with van der Waals surface area (Å²) in [5.41, 5.74) is 0.244. The monoisotopic (exact) mass is 506 g/mol. The molecular formula is C25H29ClF2N4O3. The number of fused-ring (bicyclic) bond motifs is 1. The number of likely N-dealkylation sites (tertiary alicyclic amines) is 1. The van der Waals surface area contributed by atoms with Crippen molar-refractivity contribution in [3.05, 3.63) is 47.5 Å². The average molecular weight is 507 g/mol. The van der Waals surface area contributed by atoms with Gasteiger partial charge in [0.2, 0.25) is 0 Å². The first-order chi connectivity index (χ1) is 16.7. The molecule has 7 nitrogen and oxygen atoms in total. The number of benzene rings is 2. The van der Waals surface area contributed by atoms with Crippen LogP contribution >= 0.6 is 11.6 Å². The van der Waals surface area contributed by atoms with Gasteiger partial charge in [0.1, 0.15) is 24.1 Å². The Kier molecular flexibility index (Phi) is 7.59. The Balaban J connectivity index is 1.48. The number of ether oxygens (including phenoxy) is 2. The lowest BCUT2D eigenvalue weighted by atomic mass is 9.96. The van der Waals surface area contributed by atoms with Crippen LogP contribution in [0.5, 0.6) is 11.5 Å². The second-order valence-electron chi connectivity index (χ2n) is 9.20. The molecule has 0 saturated carbocycles. The number of methoxy groups -OCH3 is 1. The quantitative estimate of drug-likeness (QED) is 0.389. The van der Waals surface area contributed by atoms with Gasteiger partial charge in [0, 0.05) is 36.3 Å². The van der Waals surface area contributed by atoms with Crippen molar-refractivity contribution < 1.29 is 23.4 Å². The van der Waals surface area contributed by atoms with Gasteiger partial charge in [-0.1, -0.05) is 11.6 Å². The lowest BCUT2D eigenvalue weighted by Crippen LogP contribution is -2.46. The molecule has 188 valence electrons. The van der Waals surface area contributed by atoms with Gasteiger partial charge >= 0.3 is 0 Å². The number of anilines is 2. The summed E-state index contributed by atoms with van der Waals surface area (Å²) in [7, 11) is 1.55. The third-order valence-corrected chi connectivity index (χ3v) is 6.41. The molecule has 0 radical (unpaired) electrons. The van der Waals surface area contributed by atoms with E-state index >= 15 is 0 Å². The van der Waals surface area contributed by atoms with Crippen LogP contribution in [0, 0.1) is 5.82 Å². The molecule has 1 saturated heterocycles. The van der Waals surface area contributed by atoms with Crippen LogP contribution in [0.2, 0.25) is 5.02 Å². The van der Waals surface area contributed by atoms with Crippen LogP contribution in [-0.4, -0.2) is 64.6 Å². The maximum absolute atomic E-state index is 14.0. The molecule has 2 heterocycles. The van der Waals surface area contributed by atoms with Crippen LogP contribution in [-0.2, 0) is 0 Å². The molecule has 35 heavy (non-hydrogen) atoms. The van der Waals surface area contributed by atoms with Crippen LogP contribution < -0.4 is 14.8 Å². The molecule has 4 rings (SSSR count). The highest BCUT2D eigenvalue weighted by Crippen LogP contribution is 2.35. The summed E-state index contributed by atoms with van der Waals surface area (Å²) < 4.78 is 39.0. The molecule has 2 aromatic carbocycles. The Morgan fingerprint density at radius 2 is 2.03 bits per heavy atom. The van der Waals surface area contributed by atoms with Crippen LogP contribution in [0.25, 0.3) is 10.9 Å². The Labute approximate surface area is 208 Å². The maximum Gasteiger partial charge on any atom is 0.162 e. The summed E-state index contributed by atoms with van der Waals surface area (Å²) in [4.78, 5) is 10.6. The topological polar surface area (TPSA) is 79.7 Å². The van der Waals surface area contributed by atoms with Gasteiger partial charge < -0.3 is 19.9 Å². The van der Waals surface area contributed by atoms with E-state index in [-0.39, 0.29) is 11.1 Å². The number of hydrogen-bond donors (Lipinski definition) is 2. The fraction of sp³-hybridized carbons (Fsp3) is 0.440. The fourth-order valence-electron chi connectivity index (χ4n) is 4.43.